The van der Waals surface area contributed by atoms with Crippen molar-refractivity contribution in [1.29, 1.82) is 5.26 Å². The van der Waals surface area contributed by atoms with Gasteiger partial charge in [0.25, 0.3) is 0 Å². The minimum absolute atomic E-state index is 0.00547. The van der Waals surface area contributed by atoms with E-state index < -0.39 is 5.82 Å². The first-order valence-corrected chi connectivity index (χ1v) is 15.2. The third-order valence-corrected chi connectivity index (χ3v) is 5.37. The number of hydrogen-bond acceptors (Lipinski definition) is 3. The summed E-state index contributed by atoms with van der Waals surface area (Å²) in [4.78, 5) is 15.2. The van der Waals surface area contributed by atoms with E-state index in [1.807, 2.05) is 86.6 Å². The lowest BCUT2D eigenvalue weighted by atomic mass is 9.92. The molecule has 0 aromatic heterocycles. The van der Waals surface area contributed by atoms with Crippen LogP contribution in [0.3, 0.4) is 0 Å². The molecule has 40 heavy (non-hydrogen) atoms. The maximum absolute atomic E-state index is 14.1. The van der Waals surface area contributed by atoms with Crippen molar-refractivity contribution in [2.75, 3.05) is 0 Å². The number of aliphatic imine (C=N–C) groups is 1. The fourth-order valence-corrected chi connectivity index (χ4v) is 3.36. The van der Waals surface area contributed by atoms with Gasteiger partial charge in [0.05, 0.1) is 11.3 Å². The molecule has 222 valence electrons. The first-order chi connectivity index (χ1) is 19.4. The van der Waals surface area contributed by atoms with Gasteiger partial charge >= 0.3 is 0 Å². The molecule has 0 fully saturated rings. The number of carbonyl (C=O) groups is 1. The summed E-state index contributed by atoms with van der Waals surface area (Å²) < 4.78 is 14.1. The molecule has 3 rings (SSSR count). The van der Waals surface area contributed by atoms with Gasteiger partial charge in [-0.05, 0) is 72.0 Å². The molecule has 1 aliphatic rings. The standard InChI is InChI=1S/C21H15FN2O.C7H16.4C2H6/c1-13(12-25)7-19(16-3-4-17(10-23)20(22)9-16)14(2)15-5-6-21-18(8-15)11-24-21;1-3-5-7-6-4-2;4*1-2/h3-9,11-12H,1-2H3;3-7H2,1-2H3;4*1-2H3/b13-7+,19-14-;;;;;. The lowest BCUT2D eigenvalue weighted by molar-refractivity contribution is -0.104. The van der Waals surface area contributed by atoms with Gasteiger partial charge in [-0.25, -0.2) is 4.39 Å². The quantitative estimate of drug-likeness (QED) is 0.0920. The number of allylic oxidation sites excluding steroid dienone is 4. The van der Waals surface area contributed by atoms with Crippen molar-refractivity contribution in [3.63, 3.8) is 0 Å². The van der Waals surface area contributed by atoms with E-state index in [1.165, 1.54) is 44.2 Å². The Morgan fingerprint density at radius 1 is 0.850 bits per heavy atom. The molecule has 0 unspecified atom stereocenters. The Hall–Kier alpha value is -3.32. The van der Waals surface area contributed by atoms with Crippen LogP contribution in [0.25, 0.3) is 11.1 Å². The van der Waals surface area contributed by atoms with Crippen LogP contribution in [0, 0.1) is 17.1 Å². The Balaban J connectivity index is -0.000000772. The number of nitrogens with zero attached hydrogens (tertiary/aromatic N) is 2. The molecule has 2 aromatic rings. The molecule has 0 bridgehead atoms. The summed E-state index contributed by atoms with van der Waals surface area (Å²) in [6.07, 6.45) is 11.3. The van der Waals surface area contributed by atoms with E-state index in [1.54, 1.807) is 25.3 Å². The second-order valence-corrected chi connectivity index (χ2v) is 7.94. The highest BCUT2D eigenvalue weighted by Gasteiger charge is 2.13. The Morgan fingerprint density at radius 3 is 1.80 bits per heavy atom. The van der Waals surface area contributed by atoms with Crippen molar-refractivity contribution in [3.05, 3.63) is 76.1 Å². The summed E-state index contributed by atoms with van der Waals surface area (Å²) in [6.45, 7) is 24.1. The third kappa shape index (κ3) is 14.7. The molecular weight excluding hydrogens is 495 g/mol. The maximum atomic E-state index is 14.1. The van der Waals surface area contributed by atoms with Crippen LogP contribution in [0.5, 0.6) is 0 Å². The van der Waals surface area contributed by atoms with Crippen LogP contribution in [0.4, 0.5) is 10.1 Å². The van der Waals surface area contributed by atoms with E-state index in [2.05, 4.69) is 18.8 Å². The van der Waals surface area contributed by atoms with Gasteiger partial charge in [-0.1, -0.05) is 113 Å². The zero-order chi connectivity index (χ0) is 31.5. The molecule has 3 nitrogen and oxygen atoms in total. The number of unbranched alkanes of at least 4 members (excludes halogenated alkanes) is 4. The summed E-state index contributed by atoms with van der Waals surface area (Å²) in [7, 11) is 0. The van der Waals surface area contributed by atoms with E-state index in [0.717, 1.165) is 34.2 Å². The predicted octanol–water partition coefficient (Wildman–Crippen LogP) is 11.9. The number of hydrogen-bond donors (Lipinski definition) is 0. The average molecular weight is 551 g/mol. The van der Waals surface area contributed by atoms with Gasteiger partial charge in [-0.15, -0.1) is 0 Å². The molecule has 0 radical (unpaired) electrons. The second-order valence-electron chi connectivity index (χ2n) is 7.94. The van der Waals surface area contributed by atoms with Crippen molar-refractivity contribution >= 4 is 29.3 Å². The Morgan fingerprint density at radius 2 is 1.40 bits per heavy atom. The van der Waals surface area contributed by atoms with Gasteiger partial charge in [0.2, 0.25) is 0 Å². The largest absolute Gasteiger partial charge is 0.298 e. The average Bonchev–Trinajstić information content (AvgIpc) is 3.00. The molecule has 4 heteroatoms. The lowest BCUT2D eigenvalue weighted by Crippen LogP contribution is -1.96. The maximum Gasteiger partial charge on any atom is 0.145 e. The predicted molar refractivity (Wildman–Crippen MR) is 177 cm³/mol. The van der Waals surface area contributed by atoms with Crippen molar-refractivity contribution in [2.45, 2.75) is 115 Å². The van der Waals surface area contributed by atoms with Crippen LogP contribution >= 0.6 is 0 Å². The highest BCUT2D eigenvalue weighted by molar-refractivity contribution is 6.01. The lowest BCUT2D eigenvalue weighted by Gasteiger charge is -2.14. The molecule has 2 aromatic carbocycles. The number of benzene rings is 2. The third-order valence-electron chi connectivity index (χ3n) is 5.37. The van der Waals surface area contributed by atoms with Crippen LogP contribution in [0.15, 0.2) is 53.0 Å². The minimum Gasteiger partial charge on any atom is -0.298 e. The van der Waals surface area contributed by atoms with Gasteiger partial charge in [-0.3, -0.25) is 9.79 Å². The van der Waals surface area contributed by atoms with Gasteiger partial charge < -0.3 is 0 Å². The summed E-state index contributed by atoms with van der Waals surface area (Å²) in [6, 6.07) is 12.2. The van der Waals surface area contributed by atoms with E-state index in [-0.39, 0.29) is 5.56 Å². The zero-order valence-corrected chi connectivity index (χ0v) is 27.4. The Kier molecular flexibility index (Phi) is 28.0. The first-order valence-electron chi connectivity index (χ1n) is 15.2. The number of carbonyl (C=O) groups excluding carboxylic acids is 1. The van der Waals surface area contributed by atoms with Crippen LogP contribution < -0.4 is 0 Å². The molecule has 0 amide bonds. The fourth-order valence-electron chi connectivity index (χ4n) is 3.36. The minimum atomic E-state index is -0.577. The van der Waals surface area contributed by atoms with Crippen molar-refractivity contribution in [3.8, 4) is 6.07 Å². The van der Waals surface area contributed by atoms with Gasteiger partial charge in [-0.2, -0.15) is 5.26 Å². The zero-order valence-electron chi connectivity index (χ0n) is 27.4. The fraction of sp³-hybridized carbons (Fsp3) is 0.472. The van der Waals surface area contributed by atoms with E-state index in [9.17, 15) is 9.18 Å². The number of fused-ring (bicyclic) bond motifs is 1. The molecular formula is C36H55FN2O. The SMILES string of the molecule is C/C(=C(\C=C(/C)C=O)c1ccc(C#N)c(F)c1)c1ccc2c(c1)C=N2.CC.CC.CC.CC.CCCCCCC. The van der Waals surface area contributed by atoms with Gasteiger partial charge in [0, 0.05) is 11.8 Å². The van der Waals surface area contributed by atoms with E-state index in [0.29, 0.717) is 11.1 Å². The van der Waals surface area contributed by atoms with Gasteiger partial charge in [0.1, 0.15) is 18.2 Å². The summed E-state index contributed by atoms with van der Waals surface area (Å²) in [5.74, 6) is -0.577. The molecule has 0 aliphatic carbocycles. The van der Waals surface area contributed by atoms with Gasteiger partial charge in [0.15, 0.2) is 0 Å². The van der Waals surface area contributed by atoms with Crippen LogP contribution in [0.2, 0.25) is 0 Å². The summed E-state index contributed by atoms with van der Waals surface area (Å²) >= 11 is 0. The number of halogens is 1. The van der Waals surface area contributed by atoms with Crippen LogP contribution in [-0.4, -0.2) is 12.5 Å². The molecule has 0 saturated carbocycles. The highest BCUT2D eigenvalue weighted by atomic mass is 19.1. The molecule has 1 aliphatic heterocycles. The molecule has 1 heterocycles. The first kappa shape index (κ1) is 41.2. The van der Waals surface area contributed by atoms with E-state index in [4.69, 9.17) is 5.26 Å². The molecule has 0 atom stereocenters. The Bertz CT molecular complexity index is 1080. The molecule has 0 saturated heterocycles. The van der Waals surface area contributed by atoms with Crippen LogP contribution in [0.1, 0.15) is 137 Å². The van der Waals surface area contributed by atoms with E-state index >= 15 is 0 Å². The van der Waals surface area contributed by atoms with Crippen molar-refractivity contribution < 1.29 is 9.18 Å². The summed E-state index contributed by atoms with van der Waals surface area (Å²) in [5.41, 5.74) is 5.77. The topological polar surface area (TPSA) is 53.2 Å². The molecule has 0 spiro atoms. The van der Waals surface area contributed by atoms with Crippen molar-refractivity contribution in [1.82, 2.24) is 0 Å². The number of rotatable bonds is 8. The highest BCUT2D eigenvalue weighted by Crippen LogP contribution is 2.33. The number of nitriles is 1. The molecule has 0 N–H and O–H groups in total. The second kappa shape index (κ2) is 27.3. The smallest absolute Gasteiger partial charge is 0.145 e. The summed E-state index contributed by atoms with van der Waals surface area (Å²) in [5, 5.41) is 8.91. The normalized spacial score (nSPS) is 10.7. The monoisotopic (exact) mass is 550 g/mol. The number of aldehydes is 1. The Labute approximate surface area is 246 Å². The van der Waals surface area contributed by atoms with Crippen molar-refractivity contribution in [2.24, 2.45) is 4.99 Å². The van der Waals surface area contributed by atoms with Crippen LogP contribution in [-0.2, 0) is 4.79 Å².